The van der Waals surface area contributed by atoms with Crippen LogP contribution in [0.4, 0.5) is 0 Å². The molecule has 1 atom stereocenters. The van der Waals surface area contributed by atoms with Crippen molar-refractivity contribution in [1.29, 1.82) is 0 Å². The number of fused-ring (bicyclic) bond motifs is 1. The molecule has 1 aromatic carbocycles. The quantitative estimate of drug-likeness (QED) is 0.726. The number of hydrogen-bond acceptors (Lipinski definition) is 5. The van der Waals surface area contributed by atoms with E-state index in [1.54, 1.807) is 12.4 Å². The van der Waals surface area contributed by atoms with Gasteiger partial charge in [-0.1, -0.05) is 18.2 Å². The maximum absolute atomic E-state index is 6.02. The lowest BCUT2D eigenvalue weighted by atomic mass is 10.1. The van der Waals surface area contributed by atoms with E-state index in [-0.39, 0.29) is 6.10 Å². The lowest BCUT2D eigenvalue weighted by Gasteiger charge is -2.23. The third kappa shape index (κ3) is 3.71. The Morgan fingerprint density at radius 3 is 2.96 bits per heavy atom. The second kappa shape index (κ2) is 7.12. The smallest absolute Gasteiger partial charge is 0.233 e. The van der Waals surface area contributed by atoms with Gasteiger partial charge < -0.3 is 10.1 Å². The molecule has 0 amide bonds. The number of rotatable bonds is 5. The molecule has 5 rings (SSSR count). The molecule has 1 saturated carbocycles. The van der Waals surface area contributed by atoms with E-state index in [0.717, 1.165) is 54.1 Å². The topological polar surface area (TPSA) is 75.7 Å². The monoisotopic (exact) mass is 361 g/mol. The average Bonchev–Trinajstić information content (AvgIpc) is 3.45. The summed E-state index contributed by atoms with van der Waals surface area (Å²) >= 11 is 0. The lowest BCUT2D eigenvalue weighted by molar-refractivity contribution is 0.160. The number of H-pyrrole nitrogens is 1. The summed E-state index contributed by atoms with van der Waals surface area (Å²) in [5, 5.41) is 12.0. The Balaban J connectivity index is 1.43. The van der Waals surface area contributed by atoms with Crippen LogP contribution in [0.15, 0.2) is 36.7 Å². The largest absolute Gasteiger partial charge is 0.472 e. The van der Waals surface area contributed by atoms with Gasteiger partial charge in [0.25, 0.3) is 0 Å². The van der Waals surface area contributed by atoms with Crippen LogP contribution in [0.25, 0.3) is 28.4 Å². The Morgan fingerprint density at radius 2 is 2.11 bits per heavy atom. The number of ether oxygens (including phenoxy) is 1. The molecule has 3 heterocycles. The van der Waals surface area contributed by atoms with Crippen molar-refractivity contribution in [2.75, 3.05) is 13.1 Å². The minimum absolute atomic E-state index is 0.151. The van der Waals surface area contributed by atoms with Crippen molar-refractivity contribution in [3.8, 4) is 17.3 Å². The lowest BCUT2D eigenvalue weighted by Crippen LogP contribution is -2.37. The van der Waals surface area contributed by atoms with Crippen LogP contribution in [-0.4, -0.2) is 39.4 Å². The van der Waals surface area contributed by atoms with Gasteiger partial charge in [-0.15, -0.1) is 0 Å². The molecule has 2 aliphatic rings. The predicted octanol–water partition coefficient (Wildman–Crippen LogP) is 3.57. The number of benzene rings is 1. The van der Waals surface area contributed by atoms with Gasteiger partial charge in [0.2, 0.25) is 5.88 Å². The highest BCUT2D eigenvalue weighted by molar-refractivity contribution is 5.93. The van der Waals surface area contributed by atoms with E-state index in [2.05, 4.69) is 55.8 Å². The highest BCUT2D eigenvalue weighted by atomic mass is 16.5. The summed E-state index contributed by atoms with van der Waals surface area (Å²) in [5.74, 6) is 1.32. The third-order valence-corrected chi connectivity index (χ3v) is 5.16. The van der Waals surface area contributed by atoms with Crippen LogP contribution in [-0.2, 0) is 0 Å². The minimum Gasteiger partial charge on any atom is -0.472 e. The van der Waals surface area contributed by atoms with E-state index in [0.29, 0.717) is 5.88 Å². The van der Waals surface area contributed by atoms with Crippen LogP contribution in [0.3, 0.4) is 0 Å². The molecular formula is C21H23N5O. The van der Waals surface area contributed by atoms with E-state index in [9.17, 15) is 0 Å². The van der Waals surface area contributed by atoms with Gasteiger partial charge in [-0.2, -0.15) is 5.10 Å². The number of hydrogen-bond donors (Lipinski definition) is 2. The molecule has 3 aromatic rings. The van der Waals surface area contributed by atoms with Gasteiger partial charge in [0.05, 0.1) is 17.9 Å². The van der Waals surface area contributed by atoms with Crippen LogP contribution in [0.1, 0.15) is 31.2 Å². The highest BCUT2D eigenvalue weighted by Crippen LogP contribution is 2.32. The Bertz CT molecular complexity index is 970. The Hall–Kier alpha value is -2.73. The standard InChI is InChI=1S/C21H23N5O/c1-2-16(11-22-9-1)27-20-13-23-12-19(24-20)21-17-10-15(6-5-14-3-4-14)7-8-18(17)25-26-21/h5-8,10,12-14,16,22H,1-4,9,11H2,(H,25,26)/t16-/m1/s1. The second-order valence-electron chi connectivity index (χ2n) is 7.40. The van der Waals surface area contributed by atoms with Crippen molar-refractivity contribution in [2.45, 2.75) is 31.8 Å². The number of piperidine rings is 1. The number of nitrogens with zero attached hydrogens (tertiary/aromatic N) is 3. The molecular weight excluding hydrogens is 338 g/mol. The van der Waals surface area contributed by atoms with Crippen molar-refractivity contribution in [3.63, 3.8) is 0 Å². The minimum atomic E-state index is 0.151. The molecule has 2 aromatic heterocycles. The summed E-state index contributed by atoms with van der Waals surface area (Å²) in [6.07, 6.45) is 12.9. The average molecular weight is 361 g/mol. The number of aromatic amines is 1. The van der Waals surface area contributed by atoms with E-state index in [4.69, 9.17) is 4.74 Å². The molecule has 1 saturated heterocycles. The zero-order valence-corrected chi connectivity index (χ0v) is 15.2. The number of nitrogens with one attached hydrogen (secondary N) is 2. The van der Waals surface area contributed by atoms with E-state index in [1.165, 1.54) is 18.4 Å². The van der Waals surface area contributed by atoms with Gasteiger partial charge in [0.15, 0.2) is 0 Å². The van der Waals surface area contributed by atoms with Crippen LogP contribution < -0.4 is 10.1 Å². The molecule has 1 aliphatic carbocycles. The maximum Gasteiger partial charge on any atom is 0.233 e. The van der Waals surface area contributed by atoms with E-state index in [1.807, 2.05) is 0 Å². The van der Waals surface area contributed by atoms with Gasteiger partial charge >= 0.3 is 0 Å². The zero-order chi connectivity index (χ0) is 18.1. The highest BCUT2D eigenvalue weighted by Gasteiger charge is 2.18. The SMILES string of the molecule is C(=CC1CC1)c1ccc2[nH]nc(-c3cncc(O[C@@H]4CCCNC4)n3)c2c1. The van der Waals surface area contributed by atoms with E-state index >= 15 is 0 Å². The fourth-order valence-corrected chi connectivity index (χ4v) is 3.48. The summed E-state index contributed by atoms with van der Waals surface area (Å²) in [6, 6.07) is 6.34. The van der Waals surface area contributed by atoms with Gasteiger partial charge in [-0.3, -0.25) is 10.1 Å². The summed E-state index contributed by atoms with van der Waals surface area (Å²) in [5.41, 5.74) is 3.72. The predicted molar refractivity (Wildman–Crippen MR) is 105 cm³/mol. The van der Waals surface area contributed by atoms with Gasteiger partial charge in [0, 0.05) is 11.9 Å². The summed E-state index contributed by atoms with van der Waals surface area (Å²) in [4.78, 5) is 8.99. The fourth-order valence-electron chi connectivity index (χ4n) is 3.48. The van der Waals surface area contributed by atoms with Crippen molar-refractivity contribution < 1.29 is 4.74 Å². The molecule has 0 spiro atoms. The summed E-state index contributed by atoms with van der Waals surface area (Å²) in [6.45, 7) is 1.91. The van der Waals surface area contributed by atoms with Crippen LogP contribution in [0.5, 0.6) is 5.88 Å². The molecule has 138 valence electrons. The first kappa shape index (κ1) is 16.4. The first-order chi connectivity index (χ1) is 13.3. The molecule has 0 unspecified atom stereocenters. The molecule has 0 radical (unpaired) electrons. The van der Waals surface area contributed by atoms with Crippen molar-refractivity contribution in [1.82, 2.24) is 25.5 Å². The summed E-state index contributed by atoms with van der Waals surface area (Å²) < 4.78 is 6.02. The van der Waals surface area contributed by atoms with Crippen LogP contribution in [0.2, 0.25) is 0 Å². The molecule has 2 fully saturated rings. The molecule has 0 bridgehead atoms. The first-order valence-electron chi connectivity index (χ1n) is 9.71. The number of aromatic nitrogens is 4. The fraction of sp³-hybridized carbons (Fsp3) is 0.381. The van der Waals surface area contributed by atoms with E-state index < -0.39 is 0 Å². The zero-order valence-electron chi connectivity index (χ0n) is 15.2. The molecule has 2 N–H and O–H groups in total. The van der Waals surface area contributed by atoms with Crippen molar-refractivity contribution in [3.05, 3.63) is 42.2 Å². The van der Waals surface area contributed by atoms with Gasteiger partial charge in [-0.25, -0.2) is 4.98 Å². The van der Waals surface area contributed by atoms with Crippen LogP contribution >= 0.6 is 0 Å². The Kier molecular flexibility index (Phi) is 4.33. The first-order valence-corrected chi connectivity index (χ1v) is 9.71. The van der Waals surface area contributed by atoms with Gasteiger partial charge in [0.1, 0.15) is 17.5 Å². The third-order valence-electron chi connectivity index (χ3n) is 5.16. The second-order valence-corrected chi connectivity index (χ2v) is 7.40. The van der Waals surface area contributed by atoms with Crippen molar-refractivity contribution >= 4 is 17.0 Å². The van der Waals surface area contributed by atoms with Gasteiger partial charge in [-0.05, 0) is 55.8 Å². The Labute approximate surface area is 158 Å². The van der Waals surface area contributed by atoms with Crippen LogP contribution in [0, 0.1) is 5.92 Å². The molecule has 6 nitrogen and oxygen atoms in total. The molecule has 6 heteroatoms. The maximum atomic E-state index is 6.02. The normalized spacial score (nSPS) is 20.4. The molecule has 1 aliphatic heterocycles. The molecule has 27 heavy (non-hydrogen) atoms. The van der Waals surface area contributed by atoms with Crippen molar-refractivity contribution in [2.24, 2.45) is 5.92 Å². The summed E-state index contributed by atoms with van der Waals surface area (Å²) in [7, 11) is 0. The number of allylic oxidation sites excluding steroid dienone is 1. The Morgan fingerprint density at radius 1 is 1.15 bits per heavy atom.